The minimum Gasteiger partial charge on any atom is -0.464 e. The first-order valence-corrected chi connectivity index (χ1v) is 9.75. The van der Waals surface area contributed by atoms with Gasteiger partial charge in [0.25, 0.3) is 6.02 Å². The van der Waals surface area contributed by atoms with Crippen molar-refractivity contribution in [2.24, 2.45) is 4.99 Å². The van der Waals surface area contributed by atoms with Crippen LogP contribution in [0, 0.1) is 0 Å². The lowest BCUT2D eigenvalue weighted by molar-refractivity contribution is 0.191. The third-order valence-electron chi connectivity index (χ3n) is 6.11. The number of aryl methyl sites for hydroxylation is 2. The second-order valence-electron chi connectivity index (χ2n) is 8.07. The van der Waals surface area contributed by atoms with E-state index in [0.717, 1.165) is 18.5 Å². The lowest BCUT2D eigenvalue weighted by Gasteiger charge is -2.31. The topological polar surface area (TPSA) is 59.7 Å². The summed E-state index contributed by atoms with van der Waals surface area (Å²) >= 11 is 0. The van der Waals surface area contributed by atoms with Crippen molar-refractivity contribution in [3.05, 3.63) is 46.3 Å². The number of aromatic nitrogens is 1. The number of aliphatic imine (C=N–C) groups is 1. The Hall–Kier alpha value is -2.30. The molecule has 136 valence electrons. The van der Waals surface area contributed by atoms with Crippen molar-refractivity contribution in [3.8, 4) is 0 Å². The van der Waals surface area contributed by atoms with Crippen molar-refractivity contribution in [1.29, 1.82) is 0 Å². The molecule has 5 nitrogen and oxygen atoms in total. The van der Waals surface area contributed by atoms with E-state index in [1.54, 1.807) is 6.26 Å². The summed E-state index contributed by atoms with van der Waals surface area (Å²) in [6, 6.07) is 5.02. The highest BCUT2D eigenvalue weighted by atomic mass is 16.5. The van der Waals surface area contributed by atoms with Gasteiger partial charge >= 0.3 is 0 Å². The SMILES string of the molecule is CC1(c2ccon2)CN=C(Nc2c3c(cc4c2CCC4)CCCC3)OC1. The van der Waals surface area contributed by atoms with Gasteiger partial charge < -0.3 is 14.6 Å². The number of ether oxygens (including phenoxy) is 1. The fourth-order valence-electron chi connectivity index (χ4n) is 4.56. The van der Waals surface area contributed by atoms with Gasteiger partial charge in [0.1, 0.15) is 12.9 Å². The number of rotatable bonds is 2. The number of nitrogens with zero attached hydrogens (tertiary/aromatic N) is 2. The zero-order valence-electron chi connectivity index (χ0n) is 15.3. The molecule has 5 heteroatoms. The highest BCUT2D eigenvalue weighted by Crippen LogP contribution is 2.38. The predicted molar refractivity (Wildman–Crippen MR) is 101 cm³/mol. The molecule has 0 fully saturated rings. The van der Waals surface area contributed by atoms with Gasteiger partial charge in [-0.05, 0) is 74.1 Å². The van der Waals surface area contributed by atoms with Crippen LogP contribution in [0.1, 0.15) is 54.1 Å². The van der Waals surface area contributed by atoms with Crippen LogP contribution in [0.25, 0.3) is 0 Å². The van der Waals surface area contributed by atoms with Crippen LogP contribution in [0.4, 0.5) is 5.69 Å². The Morgan fingerprint density at radius 2 is 1.81 bits per heavy atom. The molecule has 1 unspecified atom stereocenters. The highest BCUT2D eigenvalue weighted by molar-refractivity contribution is 5.92. The summed E-state index contributed by atoms with van der Waals surface area (Å²) in [5, 5.41) is 7.66. The van der Waals surface area contributed by atoms with E-state index >= 15 is 0 Å². The maximum atomic E-state index is 6.03. The summed E-state index contributed by atoms with van der Waals surface area (Å²) in [6.07, 6.45) is 10.2. The molecule has 0 radical (unpaired) electrons. The first kappa shape index (κ1) is 15.9. The molecular formula is C21H25N3O2. The summed E-state index contributed by atoms with van der Waals surface area (Å²) in [7, 11) is 0. The van der Waals surface area contributed by atoms with Crippen molar-refractivity contribution in [3.63, 3.8) is 0 Å². The Labute approximate surface area is 153 Å². The minimum atomic E-state index is -0.226. The summed E-state index contributed by atoms with van der Waals surface area (Å²) in [5.74, 6) is 0. The van der Waals surface area contributed by atoms with E-state index in [1.165, 1.54) is 60.0 Å². The van der Waals surface area contributed by atoms with Gasteiger partial charge in [0.15, 0.2) is 0 Å². The van der Waals surface area contributed by atoms with Gasteiger partial charge in [-0.15, -0.1) is 0 Å². The van der Waals surface area contributed by atoms with E-state index < -0.39 is 0 Å². The van der Waals surface area contributed by atoms with E-state index in [-0.39, 0.29) is 5.41 Å². The molecule has 3 aliphatic rings. The maximum absolute atomic E-state index is 6.03. The first-order chi connectivity index (χ1) is 12.7. The average Bonchev–Trinajstić information content (AvgIpc) is 3.35. The van der Waals surface area contributed by atoms with Crippen molar-refractivity contribution in [1.82, 2.24) is 5.16 Å². The summed E-state index contributed by atoms with van der Waals surface area (Å²) in [5.41, 5.74) is 8.00. The fraction of sp³-hybridized carbons (Fsp3) is 0.524. The predicted octanol–water partition coefficient (Wildman–Crippen LogP) is 3.80. The molecule has 0 amide bonds. The number of benzene rings is 1. The summed E-state index contributed by atoms with van der Waals surface area (Å²) < 4.78 is 11.0. The summed E-state index contributed by atoms with van der Waals surface area (Å²) in [6.45, 7) is 3.33. The number of hydrogen-bond acceptors (Lipinski definition) is 5. The van der Waals surface area contributed by atoms with E-state index in [2.05, 4.69) is 23.5 Å². The van der Waals surface area contributed by atoms with Crippen LogP contribution in [0.5, 0.6) is 0 Å². The molecule has 1 aromatic carbocycles. The Morgan fingerprint density at radius 3 is 2.54 bits per heavy atom. The molecule has 1 aromatic heterocycles. The van der Waals surface area contributed by atoms with Crippen LogP contribution in [0.2, 0.25) is 0 Å². The van der Waals surface area contributed by atoms with Crippen molar-refractivity contribution < 1.29 is 9.26 Å². The molecule has 5 rings (SSSR count). The molecule has 2 aromatic rings. The Bertz CT molecular complexity index is 857. The fourth-order valence-corrected chi connectivity index (χ4v) is 4.56. The zero-order valence-corrected chi connectivity index (χ0v) is 15.3. The lowest BCUT2D eigenvalue weighted by atomic mass is 9.86. The maximum Gasteiger partial charge on any atom is 0.289 e. The Kier molecular flexibility index (Phi) is 3.76. The van der Waals surface area contributed by atoms with Gasteiger partial charge in [0.05, 0.1) is 17.7 Å². The van der Waals surface area contributed by atoms with Gasteiger partial charge in [-0.25, -0.2) is 4.99 Å². The van der Waals surface area contributed by atoms with E-state index in [9.17, 15) is 0 Å². The Morgan fingerprint density at radius 1 is 1.04 bits per heavy atom. The highest BCUT2D eigenvalue weighted by Gasteiger charge is 2.34. The molecule has 0 saturated carbocycles. The van der Waals surface area contributed by atoms with E-state index in [4.69, 9.17) is 14.3 Å². The molecule has 0 spiro atoms. The van der Waals surface area contributed by atoms with Gasteiger partial charge in [0.2, 0.25) is 0 Å². The van der Waals surface area contributed by atoms with Crippen molar-refractivity contribution in [2.75, 3.05) is 18.5 Å². The normalized spacial score (nSPS) is 24.4. The van der Waals surface area contributed by atoms with E-state index in [0.29, 0.717) is 19.2 Å². The molecule has 1 aliphatic heterocycles. The average molecular weight is 351 g/mol. The quantitative estimate of drug-likeness (QED) is 0.894. The van der Waals surface area contributed by atoms with Gasteiger partial charge in [-0.1, -0.05) is 11.2 Å². The molecule has 0 saturated heterocycles. The monoisotopic (exact) mass is 351 g/mol. The van der Waals surface area contributed by atoms with Gasteiger partial charge in [0, 0.05) is 11.8 Å². The number of amidine groups is 1. The van der Waals surface area contributed by atoms with Crippen LogP contribution in [0.15, 0.2) is 27.9 Å². The first-order valence-electron chi connectivity index (χ1n) is 9.75. The number of hydrogen-bond donors (Lipinski definition) is 1. The minimum absolute atomic E-state index is 0.226. The van der Waals surface area contributed by atoms with Crippen LogP contribution < -0.4 is 5.32 Å². The number of nitrogens with one attached hydrogen (secondary N) is 1. The molecular weight excluding hydrogens is 326 g/mol. The van der Waals surface area contributed by atoms with E-state index in [1.807, 2.05) is 6.07 Å². The molecule has 2 aliphatic carbocycles. The summed E-state index contributed by atoms with van der Waals surface area (Å²) in [4.78, 5) is 4.71. The van der Waals surface area contributed by atoms with Gasteiger partial charge in [-0.3, -0.25) is 0 Å². The molecule has 0 bridgehead atoms. The smallest absolute Gasteiger partial charge is 0.289 e. The Balaban J connectivity index is 1.44. The second-order valence-corrected chi connectivity index (χ2v) is 8.07. The third kappa shape index (κ3) is 2.61. The van der Waals surface area contributed by atoms with Gasteiger partial charge in [-0.2, -0.15) is 0 Å². The molecule has 26 heavy (non-hydrogen) atoms. The lowest BCUT2D eigenvalue weighted by Crippen LogP contribution is -2.39. The van der Waals surface area contributed by atoms with Crippen molar-refractivity contribution >= 4 is 11.7 Å². The van der Waals surface area contributed by atoms with Crippen LogP contribution in [0.3, 0.4) is 0 Å². The largest absolute Gasteiger partial charge is 0.464 e. The van der Waals surface area contributed by atoms with Crippen LogP contribution in [-0.4, -0.2) is 24.3 Å². The molecule has 2 heterocycles. The zero-order chi connectivity index (χ0) is 17.6. The van der Waals surface area contributed by atoms with Crippen LogP contribution in [-0.2, 0) is 35.8 Å². The number of fused-ring (bicyclic) bond motifs is 2. The molecule has 1 atom stereocenters. The molecule has 1 N–H and O–H groups in total. The van der Waals surface area contributed by atoms with Crippen LogP contribution >= 0.6 is 0 Å². The third-order valence-corrected chi connectivity index (χ3v) is 6.11. The number of anilines is 1. The van der Waals surface area contributed by atoms with Crippen molar-refractivity contribution in [2.45, 2.75) is 57.3 Å². The standard InChI is InChI=1S/C21H25N3O2/c1-21(18-9-10-26-24-18)12-22-20(25-13-21)23-19-16-7-3-2-5-14(16)11-15-6-4-8-17(15)19/h9-11H,2-8,12-13H2,1H3,(H,22,23). The second kappa shape index (κ2) is 6.15.